The lowest BCUT2D eigenvalue weighted by molar-refractivity contribution is -0.379. The number of hydrogen-bond donors (Lipinski definition) is 12. The molecule has 12 N–H and O–H groups in total. The summed E-state index contributed by atoms with van der Waals surface area (Å²) in [4.78, 5) is 13.2. The summed E-state index contributed by atoms with van der Waals surface area (Å²) in [6, 6.07) is -0.991. The minimum Gasteiger partial charge on any atom is -0.394 e. The van der Waals surface area contributed by atoms with Crippen LogP contribution in [0, 0.1) is 0 Å². The number of nitrogens with one attached hydrogen (secondary N) is 1. The van der Waals surface area contributed by atoms with Crippen LogP contribution in [-0.2, 0) is 33.2 Å². The topological polar surface area (TPSA) is 307 Å². The van der Waals surface area contributed by atoms with Gasteiger partial charge in [-0.15, -0.1) is 0 Å². The maximum Gasteiger partial charge on any atom is 0.220 e. The number of unbranched alkanes of at least 4 members (excludes halogenated alkanes) is 25. The monoisotopic (exact) mass is 1130 g/mol. The number of aliphatic hydroxyl groups excluding tert-OH is 11. The molecule has 79 heavy (non-hydrogen) atoms. The molecule has 19 nitrogen and oxygen atoms in total. The van der Waals surface area contributed by atoms with Gasteiger partial charge in [0.2, 0.25) is 5.91 Å². The Kier molecular flexibility index (Phi) is 39.4. The highest BCUT2D eigenvalue weighted by Crippen LogP contribution is 2.33. The van der Waals surface area contributed by atoms with Crippen molar-refractivity contribution in [2.24, 2.45) is 0 Å². The molecule has 17 unspecified atom stereocenters. The Labute approximate surface area is 472 Å². The lowest BCUT2D eigenvalue weighted by Crippen LogP contribution is -2.66. The molecule has 3 aliphatic heterocycles. The van der Waals surface area contributed by atoms with Crippen molar-refractivity contribution in [2.45, 2.75) is 311 Å². The molecular weight excluding hydrogens is 1020 g/mol. The van der Waals surface area contributed by atoms with E-state index in [1.165, 1.54) is 116 Å². The second kappa shape index (κ2) is 43.6. The maximum absolute atomic E-state index is 13.2. The van der Waals surface area contributed by atoms with Crippen LogP contribution in [0.3, 0.4) is 0 Å². The first-order valence-electron chi connectivity index (χ1n) is 30.7. The van der Waals surface area contributed by atoms with Crippen LogP contribution in [0.25, 0.3) is 0 Å². The number of carbonyl (C=O) groups excluding carboxylic acids is 1. The highest BCUT2D eigenvalue weighted by Gasteiger charge is 2.53. The minimum atomic E-state index is -1.98. The van der Waals surface area contributed by atoms with E-state index < -0.39 is 124 Å². The summed E-state index contributed by atoms with van der Waals surface area (Å²) >= 11 is 0. The van der Waals surface area contributed by atoms with Gasteiger partial charge in [-0.3, -0.25) is 4.79 Å². The van der Waals surface area contributed by atoms with Gasteiger partial charge in [-0.1, -0.05) is 192 Å². The van der Waals surface area contributed by atoms with E-state index in [9.17, 15) is 61.0 Å². The molecule has 0 aromatic heterocycles. The normalized spacial score (nSPS) is 30.5. The summed E-state index contributed by atoms with van der Waals surface area (Å²) in [6.45, 7) is 1.63. The molecule has 3 aliphatic rings. The van der Waals surface area contributed by atoms with Gasteiger partial charge in [0.15, 0.2) is 18.9 Å². The summed E-state index contributed by atoms with van der Waals surface area (Å²) in [7, 11) is 0. The predicted molar refractivity (Wildman–Crippen MR) is 300 cm³/mol. The van der Waals surface area contributed by atoms with E-state index in [2.05, 4.69) is 43.5 Å². The fourth-order valence-electron chi connectivity index (χ4n) is 10.3. The van der Waals surface area contributed by atoms with Gasteiger partial charge in [-0.25, -0.2) is 0 Å². The average molecular weight is 1130 g/mol. The van der Waals surface area contributed by atoms with E-state index in [0.29, 0.717) is 12.8 Å². The number of allylic oxidation sites excluding steroid dienone is 5. The fraction of sp³-hybridized carbons (Fsp3) is 0.883. The summed E-state index contributed by atoms with van der Waals surface area (Å²) in [6.07, 6.45) is 20.5. The Balaban J connectivity index is 1.43. The molecular formula is C60H109NO18. The number of aliphatic hydroxyl groups is 11. The van der Waals surface area contributed by atoms with E-state index in [1.807, 2.05) is 6.08 Å². The van der Waals surface area contributed by atoms with Crippen LogP contribution in [0.2, 0.25) is 0 Å². The SMILES string of the molecule is CCCCCCCCCCCCCCCCCCC/C=C/CC/C=C/CC/C=C/C(O)C(COC1OC(CO)C(OC2OC(CO)C(OC3OC(CO)C(O)C(O)C3O)C(O)C2O)C(O)C1O)NC(=O)CCCCCCCCC. The molecule has 0 radical (unpaired) electrons. The molecule has 0 bridgehead atoms. The van der Waals surface area contributed by atoms with Crippen LogP contribution in [0.4, 0.5) is 0 Å². The molecule has 1 amide bonds. The molecule has 3 heterocycles. The Morgan fingerprint density at radius 3 is 1.27 bits per heavy atom. The van der Waals surface area contributed by atoms with E-state index in [-0.39, 0.29) is 18.9 Å². The van der Waals surface area contributed by atoms with Crippen molar-refractivity contribution in [1.29, 1.82) is 0 Å². The first-order chi connectivity index (χ1) is 38.3. The molecule has 0 spiro atoms. The third kappa shape index (κ3) is 27.5. The zero-order valence-electron chi connectivity index (χ0n) is 48.1. The van der Waals surface area contributed by atoms with Gasteiger partial charge in [0.1, 0.15) is 73.2 Å². The zero-order chi connectivity index (χ0) is 57.6. The van der Waals surface area contributed by atoms with Crippen LogP contribution in [0.5, 0.6) is 0 Å². The predicted octanol–water partition coefficient (Wildman–Crippen LogP) is 5.71. The Bertz CT molecular complexity index is 1590. The van der Waals surface area contributed by atoms with Crippen molar-refractivity contribution in [3.05, 3.63) is 36.5 Å². The van der Waals surface area contributed by atoms with Crippen LogP contribution in [0.15, 0.2) is 36.5 Å². The van der Waals surface area contributed by atoms with Crippen LogP contribution in [0.1, 0.15) is 206 Å². The summed E-state index contributed by atoms with van der Waals surface area (Å²) in [5, 5.41) is 120. The number of carbonyl (C=O) groups is 1. The first kappa shape index (κ1) is 71.3. The second-order valence-electron chi connectivity index (χ2n) is 22.2. The van der Waals surface area contributed by atoms with Gasteiger partial charge in [0, 0.05) is 6.42 Å². The van der Waals surface area contributed by atoms with E-state index in [1.54, 1.807) is 6.08 Å². The number of amides is 1. The third-order valence-corrected chi connectivity index (χ3v) is 15.4. The quantitative estimate of drug-likeness (QED) is 0.0257. The molecule has 462 valence electrons. The summed E-state index contributed by atoms with van der Waals surface area (Å²) < 4.78 is 34.1. The van der Waals surface area contributed by atoms with Crippen molar-refractivity contribution in [2.75, 3.05) is 26.4 Å². The van der Waals surface area contributed by atoms with Crippen molar-refractivity contribution in [3.8, 4) is 0 Å². The smallest absolute Gasteiger partial charge is 0.220 e. The molecule has 0 aromatic rings. The Hall–Kier alpha value is -1.99. The highest BCUT2D eigenvalue weighted by molar-refractivity contribution is 5.76. The summed E-state index contributed by atoms with van der Waals surface area (Å²) in [5.41, 5.74) is 0. The molecule has 0 saturated carbocycles. The number of hydrogen-bond acceptors (Lipinski definition) is 18. The van der Waals surface area contributed by atoms with Crippen molar-refractivity contribution < 1.29 is 89.4 Å². The Morgan fingerprint density at radius 2 is 0.810 bits per heavy atom. The van der Waals surface area contributed by atoms with Gasteiger partial charge in [0.05, 0.1) is 38.6 Å². The molecule has 3 saturated heterocycles. The molecule has 17 atom stereocenters. The van der Waals surface area contributed by atoms with Crippen LogP contribution < -0.4 is 5.32 Å². The zero-order valence-corrected chi connectivity index (χ0v) is 48.1. The van der Waals surface area contributed by atoms with Gasteiger partial charge >= 0.3 is 0 Å². The van der Waals surface area contributed by atoms with Crippen LogP contribution >= 0.6 is 0 Å². The van der Waals surface area contributed by atoms with E-state index in [4.69, 9.17) is 28.4 Å². The van der Waals surface area contributed by atoms with Gasteiger partial charge in [-0.05, 0) is 44.9 Å². The van der Waals surface area contributed by atoms with E-state index in [0.717, 1.165) is 57.8 Å². The number of ether oxygens (including phenoxy) is 6. The largest absolute Gasteiger partial charge is 0.394 e. The van der Waals surface area contributed by atoms with Gasteiger partial charge < -0.3 is 89.9 Å². The lowest BCUT2D eigenvalue weighted by Gasteiger charge is -2.48. The highest BCUT2D eigenvalue weighted by atomic mass is 16.8. The van der Waals surface area contributed by atoms with Gasteiger partial charge in [-0.2, -0.15) is 0 Å². The molecule has 3 fully saturated rings. The fourth-order valence-corrected chi connectivity index (χ4v) is 10.3. The Morgan fingerprint density at radius 1 is 0.443 bits per heavy atom. The second-order valence-corrected chi connectivity index (χ2v) is 22.2. The third-order valence-electron chi connectivity index (χ3n) is 15.4. The van der Waals surface area contributed by atoms with Crippen molar-refractivity contribution in [3.63, 3.8) is 0 Å². The molecule has 0 aromatic carbocycles. The maximum atomic E-state index is 13.2. The first-order valence-corrected chi connectivity index (χ1v) is 30.7. The van der Waals surface area contributed by atoms with Crippen LogP contribution in [-0.4, -0.2) is 193 Å². The molecule has 0 aliphatic carbocycles. The van der Waals surface area contributed by atoms with E-state index >= 15 is 0 Å². The minimum absolute atomic E-state index is 0.231. The molecule has 3 rings (SSSR count). The summed E-state index contributed by atoms with van der Waals surface area (Å²) in [5.74, 6) is -0.297. The van der Waals surface area contributed by atoms with Crippen molar-refractivity contribution >= 4 is 5.91 Å². The molecule has 19 heteroatoms. The van der Waals surface area contributed by atoms with Gasteiger partial charge in [0.25, 0.3) is 0 Å². The average Bonchev–Trinajstić information content (AvgIpc) is 3.47. The standard InChI is InChI=1S/C60H109NO18/c1-3-5-7-9-11-12-13-14-15-16-17-18-19-20-21-22-23-24-25-26-27-28-29-30-32-33-35-37-44(65)43(61-48(66)38-36-34-31-10-8-6-4-2)42-74-58-54(72)51(69)56(46(40-63)76-58)79-60-55(73)52(70)57(47(41-64)77-60)78-59-53(71)50(68)49(67)45(39-62)75-59/h25-26,29-30,35,37,43-47,49-60,62-65,67-73H,3-24,27-28,31-34,36,38-42H2,1-2H3,(H,61,66)/b26-25+,30-29+,37-35+. The lowest BCUT2D eigenvalue weighted by atomic mass is 9.96. The van der Waals surface area contributed by atoms with Crippen molar-refractivity contribution in [1.82, 2.24) is 5.32 Å². The number of rotatable bonds is 45.